The molecule has 0 aliphatic carbocycles. The van der Waals surface area contributed by atoms with Crippen molar-refractivity contribution in [3.63, 3.8) is 0 Å². The molecule has 1 unspecified atom stereocenters. The second kappa shape index (κ2) is 6.80. The van der Waals surface area contributed by atoms with Crippen LogP contribution in [0.2, 0.25) is 0 Å². The molecule has 1 aromatic carbocycles. The molecule has 98 valence electrons. The van der Waals surface area contributed by atoms with Gasteiger partial charge in [0.15, 0.2) is 0 Å². The summed E-state index contributed by atoms with van der Waals surface area (Å²) in [5.74, 6) is -0.282. The van der Waals surface area contributed by atoms with Crippen molar-refractivity contribution in [2.75, 3.05) is 11.1 Å². The van der Waals surface area contributed by atoms with Gasteiger partial charge in [-0.2, -0.15) is 12.6 Å². The van der Waals surface area contributed by atoms with Crippen molar-refractivity contribution in [2.45, 2.75) is 19.9 Å². The molecule has 2 amide bonds. The highest BCUT2D eigenvalue weighted by molar-refractivity contribution is 9.10. The van der Waals surface area contributed by atoms with Gasteiger partial charge < -0.3 is 10.6 Å². The first-order valence-electron chi connectivity index (χ1n) is 5.39. The van der Waals surface area contributed by atoms with Crippen LogP contribution in [0, 0.1) is 6.92 Å². The first-order valence-corrected chi connectivity index (χ1v) is 6.82. The van der Waals surface area contributed by atoms with Gasteiger partial charge in [0.1, 0.15) is 6.04 Å². The molecule has 6 heteroatoms. The molecule has 0 fully saturated rings. The normalized spacial score (nSPS) is 11.8. The van der Waals surface area contributed by atoms with E-state index in [1.165, 1.54) is 6.92 Å². The van der Waals surface area contributed by atoms with Gasteiger partial charge in [-0.15, -0.1) is 0 Å². The standard InChI is InChI=1S/C12H15BrN2O2S/c1-7-9(13)4-3-5-10(7)15-12(17)11(6-18)14-8(2)16/h3-5,11,18H,6H2,1-2H3,(H,14,16)(H,15,17). The summed E-state index contributed by atoms with van der Waals surface area (Å²) in [6.45, 7) is 3.27. The maximum atomic E-state index is 12.0. The number of benzene rings is 1. The number of hydrogen-bond donors (Lipinski definition) is 3. The molecule has 0 radical (unpaired) electrons. The number of rotatable bonds is 4. The minimum atomic E-state index is -0.635. The Morgan fingerprint density at radius 3 is 2.67 bits per heavy atom. The minimum Gasteiger partial charge on any atom is -0.344 e. The van der Waals surface area contributed by atoms with Gasteiger partial charge in [-0.25, -0.2) is 0 Å². The Balaban J connectivity index is 2.80. The van der Waals surface area contributed by atoms with Crippen LogP contribution in [0.25, 0.3) is 0 Å². The van der Waals surface area contributed by atoms with E-state index < -0.39 is 6.04 Å². The summed E-state index contributed by atoms with van der Waals surface area (Å²) in [5.41, 5.74) is 1.65. The van der Waals surface area contributed by atoms with Crippen molar-refractivity contribution >= 4 is 46.1 Å². The third-order valence-electron chi connectivity index (χ3n) is 2.40. The quantitative estimate of drug-likeness (QED) is 0.741. The van der Waals surface area contributed by atoms with Crippen LogP contribution in [0.3, 0.4) is 0 Å². The highest BCUT2D eigenvalue weighted by Gasteiger charge is 2.18. The molecule has 0 spiro atoms. The number of nitrogens with one attached hydrogen (secondary N) is 2. The predicted molar refractivity (Wildman–Crippen MR) is 79.0 cm³/mol. The van der Waals surface area contributed by atoms with E-state index in [1.54, 1.807) is 6.07 Å². The van der Waals surface area contributed by atoms with E-state index in [1.807, 2.05) is 19.1 Å². The Bertz CT molecular complexity index is 465. The molecular weight excluding hydrogens is 316 g/mol. The lowest BCUT2D eigenvalue weighted by molar-refractivity contribution is -0.124. The van der Waals surface area contributed by atoms with Gasteiger partial charge in [0, 0.05) is 22.8 Å². The number of carbonyl (C=O) groups is 2. The van der Waals surface area contributed by atoms with Crippen LogP contribution in [0.15, 0.2) is 22.7 Å². The average Bonchev–Trinajstić information content (AvgIpc) is 2.31. The monoisotopic (exact) mass is 330 g/mol. The molecule has 1 atom stereocenters. The zero-order valence-electron chi connectivity index (χ0n) is 10.2. The van der Waals surface area contributed by atoms with Crippen molar-refractivity contribution in [2.24, 2.45) is 0 Å². The maximum absolute atomic E-state index is 12.0. The van der Waals surface area contributed by atoms with Gasteiger partial charge >= 0.3 is 0 Å². The highest BCUT2D eigenvalue weighted by Crippen LogP contribution is 2.23. The Hall–Kier alpha value is -1.01. The van der Waals surface area contributed by atoms with Gasteiger partial charge in [0.2, 0.25) is 11.8 Å². The van der Waals surface area contributed by atoms with E-state index in [-0.39, 0.29) is 17.6 Å². The van der Waals surface area contributed by atoms with Crippen LogP contribution in [0.4, 0.5) is 5.69 Å². The molecule has 0 bridgehead atoms. The number of anilines is 1. The van der Waals surface area contributed by atoms with Crippen molar-refractivity contribution < 1.29 is 9.59 Å². The Morgan fingerprint density at radius 1 is 1.44 bits per heavy atom. The number of halogens is 1. The summed E-state index contributed by atoms with van der Waals surface area (Å²) < 4.78 is 0.919. The first kappa shape index (κ1) is 15.0. The average molecular weight is 331 g/mol. The van der Waals surface area contributed by atoms with Crippen LogP contribution in [0.1, 0.15) is 12.5 Å². The van der Waals surface area contributed by atoms with Crippen LogP contribution in [0.5, 0.6) is 0 Å². The van der Waals surface area contributed by atoms with Gasteiger partial charge in [0.05, 0.1) is 0 Å². The van der Waals surface area contributed by atoms with E-state index in [0.717, 1.165) is 10.0 Å². The molecule has 0 saturated carbocycles. The lowest BCUT2D eigenvalue weighted by Gasteiger charge is -2.16. The molecule has 0 saturated heterocycles. The van der Waals surface area contributed by atoms with Gasteiger partial charge in [-0.05, 0) is 24.6 Å². The highest BCUT2D eigenvalue weighted by atomic mass is 79.9. The zero-order chi connectivity index (χ0) is 13.7. The van der Waals surface area contributed by atoms with E-state index in [9.17, 15) is 9.59 Å². The molecule has 2 N–H and O–H groups in total. The van der Waals surface area contributed by atoms with Crippen molar-refractivity contribution in [3.8, 4) is 0 Å². The lowest BCUT2D eigenvalue weighted by Crippen LogP contribution is -2.44. The SMILES string of the molecule is CC(=O)NC(CS)C(=O)Nc1cccc(Br)c1C. The fourth-order valence-electron chi connectivity index (χ4n) is 1.40. The molecule has 0 aromatic heterocycles. The third kappa shape index (κ3) is 4.03. The molecule has 1 aromatic rings. The number of amides is 2. The maximum Gasteiger partial charge on any atom is 0.247 e. The number of hydrogen-bond acceptors (Lipinski definition) is 3. The largest absolute Gasteiger partial charge is 0.344 e. The zero-order valence-corrected chi connectivity index (χ0v) is 12.6. The van der Waals surface area contributed by atoms with Gasteiger partial charge in [-0.3, -0.25) is 9.59 Å². The van der Waals surface area contributed by atoms with Crippen LogP contribution >= 0.6 is 28.6 Å². The summed E-state index contributed by atoms with van der Waals surface area (Å²) in [6.07, 6.45) is 0. The fourth-order valence-corrected chi connectivity index (χ4v) is 2.03. The second-order valence-electron chi connectivity index (χ2n) is 3.84. The van der Waals surface area contributed by atoms with Crippen molar-refractivity contribution in [1.82, 2.24) is 5.32 Å². The van der Waals surface area contributed by atoms with Gasteiger partial charge in [-0.1, -0.05) is 22.0 Å². The second-order valence-corrected chi connectivity index (χ2v) is 5.06. The Labute approximate surface area is 120 Å². The summed E-state index contributed by atoms with van der Waals surface area (Å²) in [5, 5.41) is 5.32. The smallest absolute Gasteiger partial charge is 0.247 e. The van der Waals surface area contributed by atoms with E-state index in [2.05, 4.69) is 39.2 Å². The predicted octanol–water partition coefficient (Wildman–Crippen LogP) is 2.13. The molecule has 0 aliphatic heterocycles. The Morgan fingerprint density at radius 2 is 2.11 bits per heavy atom. The molecule has 4 nitrogen and oxygen atoms in total. The van der Waals surface area contributed by atoms with Gasteiger partial charge in [0.25, 0.3) is 0 Å². The van der Waals surface area contributed by atoms with Crippen molar-refractivity contribution in [3.05, 3.63) is 28.2 Å². The molecule has 1 rings (SSSR count). The van der Waals surface area contributed by atoms with E-state index in [4.69, 9.17) is 0 Å². The van der Waals surface area contributed by atoms with E-state index in [0.29, 0.717) is 5.69 Å². The molecule has 0 aliphatic rings. The van der Waals surface area contributed by atoms with Crippen molar-refractivity contribution in [1.29, 1.82) is 0 Å². The number of carbonyl (C=O) groups excluding carboxylic acids is 2. The third-order valence-corrected chi connectivity index (χ3v) is 3.63. The summed E-state index contributed by atoms with van der Waals surface area (Å²) in [6, 6.07) is 4.90. The Kier molecular flexibility index (Phi) is 5.68. The molecule has 0 heterocycles. The minimum absolute atomic E-state index is 0.248. The van der Waals surface area contributed by atoms with E-state index >= 15 is 0 Å². The van der Waals surface area contributed by atoms with Crippen LogP contribution in [-0.4, -0.2) is 23.6 Å². The lowest BCUT2D eigenvalue weighted by atomic mass is 10.2. The van der Waals surface area contributed by atoms with Crippen LogP contribution in [-0.2, 0) is 9.59 Å². The summed E-state index contributed by atoms with van der Waals surface area (Å²) >= 11 is 7.45. The topological polar surface area (TPSA) is 58.2 Å². The summed E-state index contributed by atoms with van der Waals surface area (Å²) in [4.78, 5) is 22.9. The first-order chi connectivity index (χ1) is 8.45. The summed E-state index contributed by atoms with van der Waals surface area (Å²) in [7, 11) is 0. The molecular formula is C12H15BrN2O2S. The number of thiol groups is 1. The van der Waals surface area contributed by atoms with Crippen LogP contribution < -0.4 is 10.6 Å². The fraction of sp³-hybridized carbons (Fsp3) is 0.333. The molecule has 18 heavy (non-hydrogen) atoms.